The molecule has 10 heteroatoms. The lowest BCUT2D eigenvalue weighted by Gasteiger charge is -2.13. The predicted molar refractivity (Wildman–Crippen MR) is 113 cm³/mol. The molecule has 1 aromatic heterocycles. The van der Waals surface area contributed by atoms with E-state index in [2.05, 4.69) is 20.9 Å². The van der Waals surface area contributed by atoms with Crippen molar-refractivity contribution in [3.8, 4) is 11.5 Å². The van der Waals surface area contributed by atoms with Gasteiger partial charge in [0.05, 0.1) is 17.3 Å². The Morgan fingerprint density at radius 3 is 2.35 bits per heavy atom. The molecule has 0 atom stereocenters. The molecule has 31 heavy (non-hydrogen) atoms. The summed E-state index contributed by atoms with van der Waals surface area (Å²) in [7, 11) is 1.51. The smallest absolute Gasteiger partial charge is 0.417 e. The van der Waals surface area contributed by atoms with Crippen LogP contribution in [0, 0.1) is 0 Å². The van der Waals surface area contributed by atoms with Crippen molar-refractivity contribution in [2.45, 2.75) is 6.18 Å². The number of nitrogens with zero attached hydrogens (tertiary/aromatic N) is 1. The number of hydrogen-bond donors (Lipinski definition) is 3. The monoisotopic (exact) mass is 450 g/mol. The van der Waals surface area contributed by atoms with Crippen LogP contribution >= 0.6 is 11.6 Å². The van der Waals surface area contributed by atoms with Crippen LogP contribution < -0.4 is 20.7 Å². The molecule has 0 aliphatic carbocycles. The number of pyridine rings is 1. The lowest BCUT2D eigenvalue weighted by atomic mass is 10.2. The summed E-state index contributed by atoms with van der Waals surface area (Å²) in [5.41, 5.74) is 0.357. The van der Waals surface area contributed by atoms with E-state index in [9.17, 15) is 18.0 Å². The molecule has 0 fully saturated rings. The van der Waals surface area contributed by atoms with Gasteiger partial charge in [-0.2, -0.15) is 13.2 Å². The van der Waals surface area contributed by atoms with Crippen molar-refractivity contribution in [3.63, 3.8) is 0 Å². The molecular weight excluding hydrogens is 433 g/mol. The SMILES string of the molecule is CNC(=O)c1cc(Oc2ccc(NCNc3ccc(Cl)c(C(F)(F)F)c3)cc2)ccn1. The van der Waals surface area contributed by atoms with Crippen LogP contribution in [0.1, 0.15) is 16.1 Å². The maximum absolute atomic E-state index is 12.9. The van der Waals surface area contributed by atoms with Gasteiger partial charge in [-0.25, -0.2) is 0 Å². The predicted octanol–water partition coefficient (Wildman–Crippen LogP) is 5.39. The zero-order chi connectivity index (χ0) is 22.4. The Morgan fingerprint density at radius 2 is 1.68 bits per heavy atom. The second-order valence-electron chi connectivity index (χ2n) is 6.31. The highest BCUT2D eigenvalue weighted by Crippen LogP contribution is 2.36. The number of carbonyl (C=O) groups is 1. The van der Waals surface area contributed by atoms with Crippen molar-refractivity contribution in [1.82, 2.24) is 10.3 Å². The summed E-state index contributed by atoms with van der Waals surface area (Å²) in [4.78, 5) is 15.6. The summed E-state index contributed by atoms with van der Waals surface area (Å²) >= 11 is 5.62. The van der Waals surface area contributed by atoms with Crippen LogP contribution in [0.15, 0.2) is 60.8 Å². The fourth-order valence-electron chi connectivity index (χ4n) is 2.60. The number of hydrogen-bond acceptors (Lipinski definition) is 5. The molecule has 1 amide bonds. The van der Waals surface area contributed by atoms with Crippen molar-refractivity contribution in [3.05, 3.63) is 77.1 Å². The van der Waals surface area contributed by atoms with Gasteiger partial charge in [-0.3, -0.25) is 9.78 Å². The zero-order valence-corrected chi connectivity index (χ0v) is 17.0. The van der Waals surface area contributed by atoms with E-state index in [1.165, 1.54) is 31.4 Å². The molecule has 0 bridgehead atoms. The molecule has 6 nitrogen and oxygen atoms in total. The molecule has 0 spiro atoms. The van der Waals surface area contributed by atoms with Crippen LogP contribution in [0.25, 0.3) is 0 Å². The molecule has 0 saturated heterocycles. The number of ether oxygens (including phenoxy) is 1. The summed E-state index contributed by atoms with van der Waals surface area (Å²) in [6, 6.07) is 13.7. The Hall–Kier alpha value is -3.46. The maximum atomic E-state index is 12.9. The van der Waals surface area contributed by atoms with Crippen molar-refractivity contribution in [2.24, 2.45) is 0 Å². The molecule has 0 saturated carbocycles. The normalized spacial score (nSPS) is 11.0. The van der Waals surface area contributed by atoms with Gasteiger partial charge < -0.3 is 20.7 Å². The molecule has 162 valence electrons. The van der Waals surface area contributed by atoms with Crippen LogP contribution in [0.3, 0.4) is 0 Å². The Labute approximate surface area is 181 Å². The third-order valence-corrected chi connectivity index (χ3v) is 4.47. The van der Waals surface area contributed by atoms with E-state index in [4.69, 9.17) is 16.3 Å². The van der Waals surface area contributed by atoms with Crippen LogP contribution in [-0.2, 0) is 6.18 Å². The third-order valence-electron chi connectivity index (χ3n) is 4.14. The summed E-state index contributed by atoms with van der Waals surface area (Å²) in [6.45, 7) is 0.193. The van der Waals surface area contributed by atoms with Crippen molar-refractivity contribution < 1.29 is 22.7 Å². The van der Waals surface area contributed by atoms with Crippen LogP contribution in [0.2, 0.25) is 5.02 Å². The maximum Gasteiger partial charge on any atom is 0.417 e. The second-order valence-corrected chi connectivity index (χ2v) is 6.71. The lowest BCUT2D eigenvalue weighted by Crippen LogP contribution is -2.18. The topological polar surface area (TPSA) is 75.3 Å². The number of rotatable bonds is 7. The molecule has 0 aliphatic heterocycles. The van der Waals surface area contributed by atoms with E-state index >= 15 is 0 Å². The average Bonchev–Trinajstić information content (AvgIpc) is 2.75. The van der Waals surface area contributed by atoms with Crippen LogP contribution in [0.4, 0.5) is 24.5 Å². The molecule has 3 rings (SSSR count). The number of alkyl halides is 3. The summed E-state index contributed by atoms with van der Waals surface area (Å²) in [5, 5.41) is 8.05. The molecule has 1 heterocycles. The first kappa shape index (κ1) is 22.2. The Bertz CT molecular complexity index is 1060. The number of anilines is 2. The highest BCUT2D eigenvalue weighted by molar-refractivity contribution is 6.31. The lowest BCUT2D eigenvalue weighted by molar-refractivity contribution is -0.137. The van der Waals surface area contributed by atoms with E-state index in [0.29, 0.717) is 11.5 Å². The first-order valence-electron chi connectivity index (χ1n) is 9.07. The van der Waals surface area contributed by atoms with Crippen molar-refractivity contribution in [2.75, 3.05) is 24.3 Å². The Morgan fingerprint density at radius 1 is 1.00 bits per heavy atom. The largest absolute Gasteiger partial charge is 0.457 e. The summed E-state index contributed by atoms with van der Waals surface area (Å²) in [5.74, 6) is 0.680. The average molecular weight is 451 g/mol. The van der Waals surface area contributed by atoms with Crippen LogP contribution in [0.5, 0.6) is 11.5 Å². The third kappa shape index (κ3) is 6.02. The number of aromatic nitrogens is 1. The molecular formula is C21H18ClF3N4O2. The van der Waals surface area contributed by atoms with E-state index < -0.39 is 11.7 Å². The van der Waals surface area contributed by atoms with Gasteiger partial charge in [0, 0.05) is 30.7 Å². The molecule has 3 aromatic rings. The number of benzene rings is 2. The molecule has 2 aromatic carbocycles. The molecule has 3 N–H and O–H groups in total. The number of nitrogens with one attached hydrogen (secondary N) is 3. The number of halogens is 4. The number of amides is 1. The van der Waals surface area contributed by atoms with Gasteiger partial charge in [0.2, 0.25) is 0 Å². The Balaban J connectivity index is 1.56. The first-order valence-corrected chi connectivity index (χ1v) is 9.44. The highest BCUT2D eigenvalue weighted by Gasteiger charge is 2.33. The van der Waals surface area contributed by atoms with E-state index in [1.54, 1.807) is 30.3 Å². The van der Waals surface area contributed by atoms with Gasteiger partial charge in [-0.15, -0.1) is 0 Å². The van der Waals surface area contributed by atoms with E-state index in [1.807, 2.05) is 0 Å². The molecule has 0 unspecified atom stereocenters. The minimum absolute atomic E-state index is 0.193. The van der Waals surface area contributed by atoms with Crippen molar-refractivity contribution in [1.29, 1.82) is 0 Å². The van der Waals surface area contributed by atoms with Gasteiger partial charge >= 0.3 is 6.18 Å². The highest BCUT2D eigenvalue weighted by atomic mass is 35.5. The molecule has 0 radical (unpaired) electrons. The van der Waals surface area contributed by atoms with Gasteiger partial charge in [0.25, 0.3) is 5.91 Å². The van der Waals surface area contributed by atoms with Crippen molar-refractivity contribution >= 4 is 28.9 Å². The number of carbonyl (C=O) groups excluding carboxylic acids is 1. The van der Waals surface area contributed by atoms with Gasteiger partial charge in [0.15, 0.2) is 0 Å². The standard InChI is InChI=1S/C21H18ClF3N4O2/c1-26-20(30)19-11-16(8-9-27-19)31-15-5-2-13(3-6-15)28-12-29-14-4-7-18(22)17(10-14)21(23,24)25/h2-11,28-29H,12H2,1H3,(H,26,30). The summed E-state index contributed by atoms with van der Waals surface area (Å²) < 4.78 is 44.5. The van der Waals surface area contributed by atoms with E-state index in [0.717, 1.165) is 11.8 Å². The summed E-state index contributed by atoms with van der Waals surface area (Å²) in [6.07, 6.45) is -3.05. The van der Waals surface area contributed by atoms with Gasteiger partial charge in [-0.05, 0) is 48.5 Å². The first-order chi connectivity index (χ1) is 14.8. The second kappa shape index (κ2) is 9.57. The molecule has 0 aliphatic rings. The quantitative estimate of drug-likeness (QED) is 0.421. The van der Waals surface area contributed by atoms with Gasteiger partial charge in [0.1, 0.15) is 17.2 Å². The minimum atomic E-state index is -4.52. The fraction of sp³-hybridized carbons (Fsp3) is 0.143. The van der Waals surface area contributed by atoms with Gasteiger partial charge in [-0.1, -0.05) is 11.6 Å². The Kier molecular flexibility index (Phi) is 6.86. The fourth-order valence-corrected chi connectivity index (χ4v) is 2.83. The zero-order valence-electron chi connectivity index (χ0n) is 16.3. The van der Waals surface area contributed by atoms with Crippen LogP contribution in [-0.4, -0.2) is 24.6 Å². The minimum Gasteiger partial charge on any atom is -0.457 e. The van der Waals surface area contributed by atoms with E-state index in [-0.39, 0.29) is 29.0 Å².